The molecule has 0 unspecified atom stereocenters. The van der Waals surface area contributed by atoms with Crippen LogP contribution in [0.25, 0.3) is 0 Å². The second kappa shape index (κ2) is 6.52. The summed E-state index contributed by atoms with van der Waals surface area (Å²) in [5.74, 6) is 0.0481. The standard InChI is InChI=1S/C15H13BrFNO2/c1-20-14-5-3-2-4-10(14)9-18-15(19)12-7-6-11(17)8-13(12)16/h2-8H,9H2,1H3,(H,18,19). The maximum atomic E-state index is 13.0. The van der Waals surface area contributed by atoms with Crippen LogP contribution >= 0.6 is 15.9 Å². The van der Waals surface area contributed by atoms with Crippen molar-refractivity contribution in [1.29, 1.82) is 0 Å². The zero-order valence-corrected chi connectivity index (χ0v) is 12.4. The van der Waals surface area contributed by atoms with Crippen LogP contribution in [0.15, 0.2) is 46.9 Å². The van der Waals surface area contributed by atoms with Gasteiger partial charge in [0.25, 0.3) is 5.91 Å². The fraction of sp³-hybridized carbons (Fsp3) is 0.133. The maximum absolute atomic E-state index is 13.0. The molecule has 0 atom stereocenters. The molecule has 0 aliphatic carbocycles. The molecule has 20 heavy (non-hydrogen) atoms. The number of halogens is 2. The van der Waals surface area contributed by atoms with Gasteiger partial charge in [-0.2, -0.15) is 0 Å². The molecule has 0 aliphatic heterocycles. The van der Waals surface area contributed by atoms with Crippen LogP contribution in [-0.4, -0.2) is 13.0 Å². The molecule has 0 aromatic heterocycles. The van der Waals surface area contributed by atoms with E-state index >= 15 is 0 Å². The number of benzene rings is 2. The molecule has 2 rings (SSSR count). The second-order valence-electron chi connectivity index (χ2n) is 4.12. The first-order valence-corrected chi connectivity index (χ1v) is 6.76. The first kappa shape index (κ1) is 14.5. The van der Waals surface area contributed by atoms with Crippen molar-refractivity contribution in [3.8, 4) is 5.75 Å². The molecule has 2 aromatic carbocycles. The Bertz CT molecular complexity index is 631. The van der Waals surface area contributed by atoms with Crippen LogP contribution in [0.4, 0.5) is 4.39 Å². The van der Waals surface area contributed by atoms with E-state index in [9.17, 15) is 9.18 Å². The number of carbonyl (C=O) groups is 1. The molecule has 0 fully saturated rings. The van der Waals surface area contributed by atoms with Gasteiger partial charge < -0.3 is 10.1 Å². The van der Waals surface area contributed by atoms with Crippen molar-refractivity contribution >= 4 is 21.8 Å². The van der Waals surface area contributed by atoms with Gasteiger partial charge in [-0.3, -0.25) is 4.79 Å². The summed E-state index contributed by atoms with van der Waals surface area (Å²) in [7, 11) is 1.58. The van der Waals surface area contributed by atoms with E-state index in [1.165, 1.54) is 18.2 Å². The third-order valence-corrected chi connectivity index (χ3v) is 3.46. The number of para-hydroxylation sites is 1. The predicted octanol–water partition coefficient (Wildman–Crippen LogP) is 3.53. The number of carbonyl (C=O) groups excluding carboxylic acids is 1. The molecule has 1 N–H and O–H groups in total. The molecular formula is C15H13BrFNO2. The summed E-state index contributed by atoms with van der Waals surface area (Å²) < 4.78 is 18.6. The fourth-order valence-electron chi connectivity index (χ4n) is 1.79. The summed E-state index contributed by atoms with van der Waals surface area (Å²) in [5.41, 5.74) is 1.27. The van der Waals surface area contributed by atoms with Crippen molar-refractivity contribution < 1.29 is 13.9 Å². The number of amides is 1. The topological polar surface area (TPSA) is 38.3 Å². The van der Waals surface area contributed by atoms with Crippen LogP contribution in [-0.2, 0) is 6.54 Å². The SMILES string of the molecule is COc1ccccc1CNC(=O)c1ccc(F)cc1Br. The van der Waals surface area contributed by atoms with Gasteiger partial charge in [-0.05, 0) is 40.2 Å². The summed E-state index contributed by atoms with van der Waals surface area (Å²) >= 11 is 3.18. The Morgan fingerprint density at radius 2 is 2.05 bits per heavy atom. The molecule has 0 aliphatic rings. The Kier molecular flexibility index (Phi) is 4.74. The van der Waals surface area contributed by atoms with E-state index in [0.717, 1.165) is 5.56 Å². The van der Waals surface area contributed by atoms with E-state index in [4.69, 9.17) is 4.74 Å². The molecule has 0 spiro atoms. The summed E-state index contributed by atoms with van der Waals surface area (Å²) in [6, 6.07) is 11.4. The minimum absolute atomic E-state index is 0.275. The highest BCUT2D eigenvalue weighted by Gasteiger charge is 2.11. The Labute approximate surface area is 124 Å². The van der Waals surface area contributed by atoms with Crippen molar-refractivity contribution in [3.63, 3.8) is 0 Å². The quantitative estimate of drug-likeness (QED) is 0.926. The van der Waals surface area contributed by atoms with Crippen LogP contribution in [0.2, 0.25) is 0 Å². The number of nitrogens with one attached hydrogen (secondary N) is 1. The van der Waals surface area contributed by atoms with Gasteiger partial charge in [0.15, 0.2) is 0 Å². The number of methoxy groups -OCH3 is 1. The van der Waals surface area contributed by atoms with E-state index in [-0.39, 0.29) is 5.91 Å². The molecule has 104 valence electrons. The van der Waals surface area contributed by atoms with Crippen molar-refractivity contribution in [2.24, 2.45) is 0 Å². The lowest BCUT2D eigenvalue weighted by atomic mass is 10.1. The number of ether oxygens (including phenoxy) is 1. The van der Waals surface area contributed by atoms with Crippen molar-refractivity contribution in [2.75, 3.05) is 7.11 Å². The molecule has 0 bridgehead atoms. The predicted molar refractivity (Wildman–Crippen MR) is 78.3 cm³/mol. The minimum atomic E-state index is -0.391. The van der Waals surface area contributed by atoms with Gasteiger partial charge in [-0.1, -0.05) is 18.2 Å². The first-order valence-electron chi connectivity index (χ1n) is 5.97. The number of hydrogen-bond donors (Lipinski definition) is 1. The summed E-state index contributed by atoms with van der Waals surface area (Å²) in [4.78, 5) is 12.0. The Balaban J connectivity index is 2.09. The highest BCUT2D eigenvalue weighted by Crippen LogP contribution is 2.19. The summed E-state index contributed by atoms with van der Waals surface area (Å²) in [6.07, 6.45) is 0. The zero-order chi connectivity index (χ0) is 14.5. The Morgan fingerprint density at radius 3 is 2.75 bits per heavy atom. The molecule has 3 nitrogen and oxygen atoms in total. The summed E-state index contributed by atoms with van der Waals surface area (Å²) in [5, 5.41) is 2.78. The lowest BCUT2D eigenvalue weighted by molar-refractivity contribution is 0.0950. The van der Waals surface area contributed by atoms with Crippen LogP contribution in [0.3, 0.4) is 0 Å². The van der Waals surface area contributed by atoms with Crippen LogP contribution in [0, 0.1) is 5.82 Å². The normalized spacial score (nSPS) is 10.2. The van der Waals surface area contributed by atoms with Gasteiger partial charge in [0.1, 0.15) is 11.6 Å². The van der Waals surface area contributed by atoms with Gasteiger partial charge in [-0.15, -0.1) is 0 Å². The monoisotopic (exact) mass is 337 g/mol. The molecule has 0 saturated heterocycles. The van der Waals surface area contributed by atoms with Gasteiger partial charge in [0.05, 0.1) is 12.7 Å². The second-order valence-corrected chi connectivity index (χ2v) is 4.97. The third kappa shape index (κ3) is 3.36. The molecule has 0 radical (unpaired) electrons. The Morgan fingerprint density at radius 1 is 1.30 bits per heavy atom. The summed E-state index contributed by atoms with van der Waals surface area (Å²) in [6.45, 7) is 0.340. The highest BCUT2D eigenvalue weighted by molar-refractivity contribution is 9.10. The van der Waals surface area contributed by atoms with E-state index < -0.39 is 5.82 Å². The number of hydrogen-bond acceptors (Lipinski definition) is 2. The lowest BCUT2D eigenvalue weighted by Gasteiger charge is -2.10. The smallest absolute Gasteiger partial charge is 0.252 e. The number of rotatable bonds is 4. The highest BCUT2D eigenvalue weighted by atomic mass is 79.9. The fourth-order valence-corrected chi connectivity index (χ4v) is 2.32. The average Bonchev–Trinajstić information content (AvgIpc) is 2.45. The molecule has 0 saturated carbocycles. The van der Waals surface area contributed by atoms with Crippen LogP contribution < -0.4 is 10.1 Å². The molecule has 1 amide bonds. The van der Waals surface area contributed by atoms with Crippen molar-refractivity contribution in [3.05, 3.63) is 63.9 Å². The minimum Gasteiger partial charge on any atom is -0.496 e. The Hall–Kier alpha value is -1.88. The molecule has 2 aromatic rings. The van der Waals surface area contributed by atoms with Gasteiger partial charge in [-0.25, -0.2) is 4.39 Å². The van der Waals surface area contributed by atoms with Crippen LogP contribution in [0.5, 0.6) is 5.75 Å². The van der Waals surface area contributed by atoms with Crippen LogP contribution in [0.1, 0.15) is 15.9 Å². The van der Waals surface area contributed by atoms with E-state index in [0.29, 0.717) is 22.3 Å². The lowest BCUT2D eigenvalue weighted by Crippen LogP contribution is -2.23. The molecular weight excluding hydrogens is 325 g/mol. The van der Waals surface area contributed by atoms with Gasteiger partial charge >= 0.3 is 0 Å². The maximum Gasteiger partial charge on any atom is 0.252 e. The molecule has 5 heteroatoms. The van der Waals surface area contributed by atoms with E-state index in [2.05, 4.69) is 21.2 Å². The third-order valence-electron chi connectivity index (χ3n) is 2.81. The van der Waals surface area contributed by atoms with Gasteiger partial charge in [0, 0.05) is 16.6 Å². The largest absolute Gasteiger partial charge is 0.496 e. The first-order chi connectivity index (χ1) is 9.61. The van der Waals surface area contributed by atoms with E-state index in [1.807, 2.05) is 24.3 Å². The van der Waals surface area contributed by atoms with E-state index in [1.54, 1.807) is 7.11 Å². The average molecular weight is 338 g/mol. The van der Waals surface area contributed by atoms with Gasteiger partial charge in [0.2, 0.25) is 0 Å². The van der Waals surface area contributed by atoms with Crippen molar-refractivity contribution in [2.45, 2.75) is 6.54 Å². The zero-order valence-electron chi connectivity index (χ0n) is 10.8. The molecule has 0 heterocycles. The van der Waals surface area contributed by atoms with Crippen molar-refractivity contribution in [1.82, 2.24) is 5.32 Å².